The highest BCUT2D eigenvalue weighted by molar-refractivity contribution is 6.11. The largest absolute Gasteiger partial charge is 0.493 e. The molecule has 0 saturated carbocycles. The number of ketones is 1. The van der Waals surface area contributed by atoms with Gasteiger partial charge < -0.3 is 23.9 Å². The van der Waals surface area contributed by atoms with E-state index in [4.69, 9.17) is 18.9 Å². The summed E-state index contributed by atoms with van der Waals surface area (Å²) in [4.78, 5) is 28.9. The van der Waals surface area contributed by atoms with Crippen molar-refractivity contribution >= 4 is 22.7 Å². The van der Waals surface area contributed by atoms with Crippen molar-refractivity contribution in [2.45, 2.75) is 20.0 Å². The van der Waals surface area contributed by atoms with E-state index >= 15 is 0 Å². The van der Waals surface area contributed by atoms with E-state index in [0.717, 1.165) is 16.6 Å². The van der Waals surface area contributed by atoms with E-state index in [1.807, 2.05) is 31.2 Å². The highest BCUT2D eigenvalue weighted by Gasteiger charge is 2.27. The maximum atomic E-state index is 13.0. The number of aryl methyl sites for hydroxylation is 1. The van der Waals surface area contributed by atoms with Crippen molar-refractivity contribution in [3.05, 3.63) is 53.2 Å². The standard InChI is InChI=1S/C22H21NO6/c1-12-19(15-6-4-5-7-16(15)23-12)20(24)13(2)29-22(25)14-10-17(26-3)21-18(11-14)27-8-9-28-21/h4-7,10-11,13,23H,8-9H2,1-3H3. The lowest BCUT2D eigenvalue weighted by Crippen LogP contribution is -2.25. The van der Waals surface area contributed by atoms with Gasteiger partial charge in [-0.25, -0.2) is 4.79 Å². The highest BCUT2D eigenvalue weighted by atomic mass is 16.6. The molecule has 0 saturated heterocycles. The van der Waals surface area contributed by atoms with Gasteiger partial charge in [-0.2, -0.15) is 0 Å². The molecule has 29 heavy (non-hydrogen) atoms. The molecule has 1 N–H and O–H groups in total. The summed E-state index contributed by atoms with van der Waals surface area (Å²) in [5.41, 5.74) is 2.35. The summed E-state index contributed by atoms with van der Waals surface area (Å²) in [6.07, 6.45) is -0.959. The van der Waals surface area contributed by atoms with Crippen molar-refractivity contribution in [1.82, 2.24) is 4.98 Å². The van der Waals surface area contributed by atoms with Gasteiger partial charge in [0.15, 0.2) is 17.6 Å². The minimum Gasteiger partial charge on any atom is -0.493 e. The van der Waals surface area contributed by atoms with Crippen molar-refractivity contribution in [1.29, 1.82) is 0 Å². The number of hydrogen-bond acceptors (Lipinski definition) is 6. The summed E-state index contributed by atoms with van der Waals surface area (Å²) >= 11 is 0. The summed E-state index contributed by atoms with van der Waals surface area (Å²) in [5, 5.41) is 0.805. The van der Waals surface area contributed by atoms with Gasteiger partial charge >= 0.3 is 5.97 Å². The molecule has 0 spiro atoms. The molecular formula is C22H21NO6. The minimum atomic E-state index is -0.959. The number of aromatic nitrogens is 1. The molecule has 0 amide bonds. The lowest BCUT2D eigenvalue weighted by Gasteiger charge is -2.21. The zero-order chi connectivity index (χ0) is 20.5. The maximum Gasteiger partial charge on any atom is 0.339 e. The number of H-pyrrole nitrogens is 1. The van der Waals surface area contributed by atoms with E-state index < -0.39 is 12.1 Å². The fourth-order valence-electron chi connectivity index (χ4n) is 3.47. The average molecular weight is 395 g/mol. The Balaban J connectivity index is 1.58. The Labute approximate surface area is 167 Å². The van der Waals surface area contributed by atoms with Crippen LogP contribution in [0.1, 0.15) is 33.3 Å². The SMILES string of the molecule is COc1cc(C(=O)OC(C)C(=O)c2c(C)[nH]c3ccccc23)cc2c1OCCO2. The molecule has 7 nitrogen and oxygen atoms in total. The summed E-state index contributed by atoms with van der Waals surface area (Å²) < 4.78 is 21.8. The van der Waals surface area contributed by atoms with Crippen LogP contribution in [0.4, 0.5) is 0 Å². The van der Waals surface area contributed by atoms with Crippen LogP contribution < -0.4 is 14.2 Å². The third-order valence-corrected chi connectivity index (χ3v) is 4.86. The van der Waals surface area contributed by atoms with Gasteiger partial charge in [0.25, 0.3) is 0 Å². The average Bonchev–Trinajstić information content (AvgIpc) is 3.07. The van der Waals surface area contributed by atoms with Gasteiger partial charge in [-0.3, -0.25) is 4.79 Å². The van der Waals surface area contributed by atoms with Crippen molar-refractivity contribution in [2.75, 3.05) is 20.3 Å². The van der Waals surface area contributed by atoms with Gasteiger partial charge in [0.1, 0.15) is 13.2 Å². The molecule has 2 heterocycles. The number of carbonyl (C=O) groups excluding carboxylic acids is 2. The summed E-state index contributed by atoms with van der Waals surface area (Å²) in [7, 11) is 1.48. The monoisotopic (exact) mass is 395 g/mol. The smallest absolute Gasteiger partial charge is 0.339 e. The van der Waals surface area contributed by atoms with Crippen LogP contribution >= 0.6 is 0 Å². The Bertz CT molecular complexity index is 1080. The van der Waals surface area contributed by atoms with E-state index in [1.54, 1.807) is 6.92 Å². The number of nitrogens with one attached hydrogen (secondary N) is 1. The molecule has 0 bridgehead atoms. The number of aromatic amines is 1. The van der Waals surface area contributed by atoms with Gasteiger partial charge in [0.2, 0.25) is 11.5 Å². The normalized spacial score (nSPS) is 13.8. The van der Waals surface area contributed by atoms with E-state index in [2.05, 4.69) is 4.98 Å². The Morgan fingerprint density at radius 3 is 2.69 bits per heavy atom. The maximum absolute atomic E-state index is 13.0. The number of methoxy groups -OCH3 is 1. The summed E-state index contributed by atoms with van der Waals surface area (Å²) in [6, 6.07) is 10.6. The third-order valence-electron chi connectivity index (χ3n) is 4.86. The second kappa shape index (κ2) is 7.50. The predicted octanol–water partition coefficient (Wildman–Crippen LogP) is 3.68. The predicted molar refractivity (Wildman–Crippen MR) is 106 cm³/mol. The molecule has 2 aromatic carbocycles. The molecule has 4 rings (SSSR count). The quantitative estimate of drug-likeness (QED) is 0.524. The van der Waals surface area contributed by atoms with Crippen molar-refractivity contribution < 1.29 is 28.5 Å². The van der Waals surface area contributed by atoms with Crippen LogP contribution in [-0.4, -0.2) is 43.2 Å². The number of carbonyl (C=O) groups is 2. The van der Waals surface area contributed by atoms with Crippen LogP contribution in [0.2, 0.25) is 0 Å². The number of benzene rings is 2. The third kappa shape index (κ3) is 3.40. The molecule has 0 radical (unpaired) electrons. The van der Waals surface area contributed by atoms with Crippen LogP contribution in [0.25, 0.3) is 10.9 Å². The van der Waals surface area contributed by atoms with Crippen molar-refractivity contribution in [3.63, 3.8) is 0 Å². The van der Waals surface area contributed by atoms with E-state index in [1.165, 1.54) is 19.2 Å². The summed E-state index contributed by atoms with van der Waals surface area (Å²) in [6.45, 7) is 4.18. The fraction of sp³-hybridized carbons (Fsp3) is 0.273. The Morgan fingerprint density at radius 1 is 1.14 bits per heavy atom. The number of hydrogen-bond donors (Lipinski definition) is 1. The van der Waals surface area contributed by atoms with E-state index in [0.29, 0.717) is 36.0 Å². The molecule has 1 atom stereocenters. The van der Waals surface area contributed by atoms with Gasteiger partial charge in [0.05, 0.1) is 12.7 Å². The first-order chi connectivity index (χ1) is 14.0. The molecule has 3 aromatic rings. The van der Waals surface area contributed by atoms with Gasteiger partial charge in [-0.1, -0.05) is 18.2 Å². The molecule has 1 aliphatic heterocycles. The second-order valence-corrected chi connectivity index (χ2v) is 6.79. The van der Waals surface area contributed by atoms with Crippen LogP contribution in [0.15, 0.2) is 36.4 Å². The van der Waals surface area contributed by atoms with Gasteiger partial charge in [-0.05, 0) is 32.0 Å². The number of esters is 1. The van der Waals surface area contributed by atoms with Crippen molar-refractivity contribution in [3.8, 4) is 17.2 Å². The molecule has 1 unspecified atom stereocenters. The first kappa shape index (κ1) is 18.9. The van der Waals surface area contributed by atoms with E-state index in [-0.39, 0.29) is 11.3 Å². The number of ether oxygens (including phenoxy) is 4. The number of Topliss-reactive ketones (excluding diaryl/α,β-unsaturated/α-hetero) is 1. The molecule has 1 aliphatic rings. The zero-order valence-electron chi connectivity index (χ0n) is 16.4. The Morgan fingerprint density at radius 2 is 1.90 bits per heavy atom. The van der Waals surface area contributed by atoms with E-state index in [9.17, 15) is 9.59 Å². The van der Waals surface area contributed by atoms with Crippen LogP contribution in [0.5, 0.6) is 17.2 Å². The topological polar surface area (TPSA) is 86.9 Å². The summed E-state index contributed by atoms with van der Waals surface area (Å²) in [5.74, 6) is 0.333. The second-order valence-electron chi connectivity index (χ2n) is 6.79. The first-order valence-electron chi connectivity index (χ1n) is 9.29. The van der Waals surface area contributed by atoms with Crippen LogP contribution in [-0.2, 0) is 4.74 Å². The fourth-order valence-corrected chi connectivity index (χ4v) is 3.47. The highest BCUT2D eigenvalue weighted by Crippen LogP contribution is 2.40. The zero-order valence-corrected chi connectivity index (χ0v) is 16.4. The molecule has 150 valence electrons. The number of rotatable bonds is 5. The van der Waals surface area contributed by atoms with Crippen molar-refractivity contribution in [2.24, 2.45) is 0 Å². The molecule has 0 aliphatic carbocycles. The van der Waals surface area contributed by atoms with Gasteiger partial charge in [-0.15, -0.1) is 0 Å². The lowest BCUT2D eigenvalue weighted by molar-refractivity contribution is 0.0318. The number of para-hydroxylation sites is 1. The van der Waals surface area contributed by atoms with Crippen LogP contribution in [0, 0.1) is 6.92 Å². The minimum absolute atomic E-state index is 0.224. The van der Waals surface area contributed by atoms with Crippen LogP contribution in [0.3, 0.4) is 0 Å². The number of fused-ring (bicyclic) bond motifs is 2. The molecule has 1 aromatic heterocycles. The van der Waals surface area contributed by atoms with Gasteiger partial charge in [0, 0.05) is 22.2 Å². The first-order valence-corrected chi connectivity index (χ1v) is 9.29. The molecular weight excluding hydrogens is 374 g/mol. The Hall–Kier alpha value is -3.48. The molecule has 7 heteroatoms. The lowest BCUT2D eigenvalue weighted by atomic mass is 10.0. The molecule has 0 fully saturated rings. The Kier molecular flexibility index (Phi) is 4.88.